The van der Waals surface area contributed by atoms with Crippen LogP contribution in [0.1, 0.15) is 0 Å². The molecule has 13 nitrogen and oxygen atoms in total. The van der Waals surface area contributed by atoms with Crippen molar-refractivity contribution in [1.29, 1.82) is 0 Å². The summed E-state index contributed by atoms with van der Waals surface area (Å²) in [5.41, 5.74) is 9.73. The Labute approximate surface area is 164 Å². The standard InChI is InChI=1S/C6H9N5.C5H7N3O.C5H6N2O2/c1-11-3-10-4-5(7)8-2-9-6(4)11;1-8-3-2-4(6)7-5(8)9;1-7-3-2-4(8)6-5(7)9/h2-4,6H,1H3,(H2,7,8,9);2-3H,1H3,(H2,6,7,9);2-3H,1H3,(H,6,8,9). The van der Waals surface area contributed by atoms with Crippen LogP contribution in [0.4, 0.5) is 5.82 Å². The molecule has 13 heteroatoms. The van der Waals surface area contributed by atoms with Crippen molar-refractivity contribution in [3.8, 4) is 0 Å². The van der Waals surface area contributed by atoms with Crippen LogP contribution in [0, 0.1) is 0 Å². The fourth-order valence-electron chi connectivity index (χ4n) is 2.17. The van der Waals surface area contributed by atoms with E-state index in [1.807, 2.05) is 11.9 Å². The summed E-state index contributed by atoms with van der Waals surface area (Å²) in [5, 5.41) is 0. The van der Waals surface area contributed by atoms with Gasteiger partial charge >= 0.3 is 11.4 Å². The van der Waals surface area contributed by atoms with E-state index >= 15 is 0 Å². The number of aryl methyl sites for hydroxylation is 2. The number of nitrogens with two attached hydrogens (primary N) is 2. The first-order valence-electron chi connectivity index (χ1n) is 8.34. The van der Waals surface area contributed by atoms with E-state index in [2.05, 4.69) is 24.9 Å². The van der Waals surface area contributed by atoms with Gasteiger partial charge in [-0.2, -0.15) is 4.98 Å². The van der Waals surface area contributed by atoms with Gasteiger partial charge < -0.3 is 25.5 Å². The van der Waals surface area contributed by atoms with Crippen LogP contribution >= 0.6 is 0 Å². The maximum absolute atomic E-state index is 10.6. The molecule has 2 aliphatic rings. The molecule has 5 N–H and O–H groups in total. The molecule has 4 heterocycles. The highest BCUT2D eigenvalue weighted by Gasteiger charge is 2.32. The molecule has 154 valence electrons. The second-order valence-corrected chi connectivity index (χ2v) is 6.07. The minimum absolute atomic E-state index is 0.0347. The zero-order valence-corrected chi connectivity index (χ0v) is 16.1. The molecule has 0 saturated heterocycles. The molecule has 0 aliphatic carbocycles. The number of nitrogens with one attached hydrogen (secondary N) is 1. The van der Waals surface area contributed by atoms with Crippen molar-refractivity contribution < 1.29 is 0 Å². The molecule has 0 saturated carbocycles. The number of aliphatic imine (C=N–C) groups is 3. The lowest BCUT2D eigenvalue weighted by atomic mass is 10.2. The van der Waals surface area contributed by atoms with Crippen LogP contribution in [0.3, 0.4) is 0 Å². The van der Waals surface area contributed by atoms with Crippen molar-refractivity contribution in [3.63, 3.8) is 0 Å². The highest BCUT2D eigenvalue weighted by molar-refractivity contribution is 5.96. The first kappa shape index (κ1) is 21.3. The molecule has 0 amide bonds. The van der Waals surface area contributed by atoms with Crippen molar-refractivity contribution >= 4 is 24.3 Å². The van der Waals surface area contributed by atoms with E-state index in [0.717, 1.165) is 0 Å². The van der Waals surface area contributed by atoms with E-state index < -0.39 is 0 Å². The van der Waals surface area contributed by atoms with Crippen LogP contribution in [0.25, 0.3) is 0 Å². The predicted molar refractivity (Wildman–Crippen MR) is 110 cm³/mol. The van der Waals surface area contributed by atoms with Gasteiger partial charge in [0.05, 0.1) is 6.34 Å². The van der Waals surface area contributed by atoms with Gasteiger partial charge in [-0.05, 0) is 6.07 Å². The van der Waals surface area contributed by atoms with E-state index in [0.29, 0.717) is 5.84 Å². The van der Waals surface area contributed by atoms with Crippen LogP contribution in [-0.2, 0) is 14.1 Å². The number of amidine groups is 1. The Hall–Kier alpha value is -4.03. The fourth-order valence-corrected chi connectivity index (χ4v) is 2.17. The largest absolute Gasteiger partial charge is 0.385 e. The molecule has 0 fully saturated rings. The molecular weight excluding hydrogens is 380 g/mol. The summed E-state index contributed by atoms with van der Waals surface area (Å²) in [7, 11) is 5.11. The molecule has 0 bridgehead atoms. The maximum Gasteiger partial charge on any atom is 0.349 e. The average Bonchev–Trinajstić information content (AvgIpc) is 3.06. The minimum Gasteiger partial charge on any atom is -0.385 e. The zero-order valence-electron chi connectivity index (χ0n) is 16.1. The third-order valence-corrected chi connectivity index (χ3v) is 3.83. The normalized spacial score (nSPS) is 18.7. The molecule has 2 aliphatic heterocycles. The lowest BCUT2D eigenvalue weighted by Crippen LogP contribution is -2.42. The van der Waals surface area contributed by atoms with Crippen LogP contribution in [0.5, 0.6) is 0 Å². The van der Waals surface area contributed by atoms with Crippen molar-refractivity contribution in [1.82, 2.24) is 24.0 Å². The number of aromatic nitrogens is 4. The Morgan fingerprint density at radius 2 is 1.69 bits per heavy atom. The topological polar surface area (TPSA) is 182 Å². The van der Waals surface area contributed by atoms with E-state index in [4.69, 9.17) is 11.5 Å². The molecule has 2 aromatic heterocycles. The Balaban J connectivity index is 0.000000157. The van der Waals surface area contributed by atoms with Crippen LogP contribution in [-0.4, -0.2) is 61.8 Å². The van der Waals surface area contributed by atoms with Gasteiger partial charge in [-0.25, -0.2) is 19.6 Å². The number of rotatable bonds is 0. The first-order chi connectivity index (χ1) is 13.7. The molecule has 2 atom stereocenters. The molecule has 29 heavy (non-hydrogen) atoms. The number of H-pyrrole nitrogens is 1. The monoisotopic (exact) mass is 402 g/mol. The average molecular weight is 402 g/mol. The van der Waals surface area contributed by atoms with Crippen LogP contribution in [0.15, 0.2) is 53.9 Å². The van der Waals surface area contributed by atoms with Crippen molar-refractivity contribution in [2.75, 3.05) is 12.8 Å². The van der Waals surface area contributed by atoms with Gasteiger partial charge in [0, 0.05) is 39.6 Å². The third kappa shape index (κ3) is 5.72. The Morgan fingerprint density at radius 3 is 2.24 bits per heavy atom. The molecule has 4 rings (SSSR count). The van der Waals surface area contributed by atoms with Crippen molar-refractivity contribution in [2.45, 2.75) is 12.2 Å². The van der Waals surface area contributed by atoms with Crippen molar-refractivity contribution in [2.24, 2.45) is 34.8 Å². The van der Waals surface area contributed by atoms with Crippen molar-refractivity contribution in [3.05, 3.63) is 55.8 Å². The smallest absolute Gasteiger partial charge is 0.349 e. The number of hydrogen-bond acceptors (Lipinski definition) is 10. The third-order valence-electron chi connectivity index (χ3n) is 3.83. The van der Waals surface area contributed by atoms with E-state index in [1.54, 1.807) is 32.7 Å². The molecular formula is C16H22N10O3. The van der Waals surface area contributed by atoms with Crippen LogP contribution in [0.2, 0.25) is 0 Å². The number of hydrogen-bond donors (Lipinski definition) is 3. The van der Waals surface area contributed by atoms with Gasteiger partial charge in [-0.15, -0.1) is 0 Å². The summed E-state index contributed by atoms with van der Waals surface area (Å²) in [6.45, 7) is 0. The Bertz CT molecular complexity index is 1110. The molecule has 0 spiro atoms. The van der Waals surface area contributed by atoms with E-state index in [1.165, 1.54) is 27.7 Å². The number of fused-ring (bicyclic) bond motifs is 1. The summed E-state index contributed by atoms with van der Waals surface area (Å²) < 4.78 is 2.65. The van der Waals surface area contributed by atoms with Gasteiger partial charge in [0.2, 0.25) is 0 Å². The van der Waals surface area contributed by atoms with Gasteiger partial charge in [0.25, 0.3) is 5.56 Å². The maximum atomic E-state index is 10.6. The Morgan fingerprint density at radius 1 is 1.00 bits per heavy atom. The van der Waals surface area contributed by atoms with Gasteiger partial charge in [0.15, 0.2) is 6.17 Å². The second-order valence-electron chi connectivity index (χ2n) is 6.07. The zero-order chi connectivity index (χ0) is 21.6. The quantitative estimate of drug-likeness (QED) is 0.435. The van der Waals surface area contributed by atoms with Crippen LogP contribution < -0.4 is 28.4 Å². The van der Waals surface area contributed by atoms with Gasteiger partial charge in [-0.1, -0.05) is 0 Å². The molecule has 0 radical (unpaired) electrons. The lowest BCUT2D eigenvalue weighted by Gasteiger charge is -2.21. The highest BCUT2D eigenvalue weighted by atomic mass is 16.2. The number of nitrogen functional groups attached to an aromatic ring is 1. The molecule has 0 aromatic carbocycles. The molecule has 2 aromatic rings. The highest BCUT2D eigenvalue weighted by Crippen LogP contribution is 2.15. The number of likely N-dealkylation sites (N-methyl/N-ethyl adjacent to an activating group) is 1. The summed E-state index contributed by atoms with van der Waals surface area (Å²) >= 11 is 0. The first-order valence-corrected chi connectivity index (χ1v) is 8.34. The molecule has 2 unspecified atom stereocenters. The van der Waals surface area contributed by atoms with Gasteiger partial charge in [0.1, 0.15) is 24.0 Å². The predicted octanol–water partition coefficient (Wildman–Crippen LogP) is -2.51. The second kappa shape index (κ2) is 9.25. The Kier molecular flexibility index (Phi) is 6.79. The number of aromatic amines is 1. The van der Waals surface area contributed by atoms with Gasteiger partial charge in [-0.3, -0.25) is 14.8 Å². The summed E-state index contributed by atoms with van der Waals surface area (Å²) in [6.07, 6.45) is 6.25. The summed E-state index contributed by atoms with van der Waals surface area (Å²) in [6, 6.07) is 2.80. The fraction of sp³-hybridized carbons (Fsp3) is 0.312. The summed E-state index contributed by atoms with van der Waals surface area (Å²) in [5.74, 6) is 0.809. The van der Waals surface area contributed by atoms with E-state index in [9.17, 15) is 14.4 Å². The minimum atomic E-state index is -0.387. The number of anilines is 1. The SMILES string of the molecule is CN1C=NC2C(N)=NC=NC21.Cn1ccc(=O)[nH]c1=O.Cn1ccc(N)nc1=O. The number of nitrogens with zero attached hydrogens (tertiary/aromatic N) is 7. The lowest BCUT2D eigenvalue weighted by molar-refractivity contribution is 0.400. The van der Waals surface area contributed by atoms with E-state index in [-0.39, 0.29) is 35.0 Å². The summed E-state index contributed by atoms with van der Waals surface area (Å²) in [4.78, 5) is 51.2.